The monoisotopic (exact) mass is 390 g/mol. The van der Waals surface area contributed by atoms with E-state index in [0.717, 1.165) is 51.7 Å². The third-order valence-electron chi connectivity index (χ3n) is 6.99. The number of alkyl carbamates (subject to hydrolysis) is 1. The van der Waals surface area contributed by atoms with Crippen molar-refractivity contribution in [3.63, 3.8) is 0 Å². The van der Waals surface area contributed by atoms with Gasteiger partial charge in [0.2, 0.25) is 0 Å². The zero-order valence-electron chi connectivity index (χ0n) is 17.2. The highest BCUT2D eigenvalue weighted by Gasteiger charge is 2.37. The molecule has 4 heteroatoms. The molecule has 1 N–H and O–H groups in total. The Balaban J connectivity index is 1.28. The Morgan fingerprint density at radius 1 is 1.03 bits per heavy atom. The van der Waals surface area contributed by atoms with Gasteiger partial charge in [0.1, 0.15) is 6.10 Å². The van der Waals surface area contributed by atoms with E-state index in [0.29, 0.717) is 5.92 Å². The quantitative estimate of drug-likeness (QED) is 0.814. The Hall–Kier alpha value is -2.33. The van der Waals surface area contributed by atoms with Crippen LogP contribution in [0, 0.1) is 12.8 Å². The number of nitrogens with zero attached hydrogens (tertiary/aromatic N) is 1. The van der Waals surface area contributed by atoms with E-state index in [9.17, 15) is 4.79 Å². The highest BCUT2D eigenvalue weighted by molar-refractivity contribution is 5.69. The fourth-order valence-corrected chi connectivity index (χ4v) is 5.25. The Kier molecular flexibility index (Phi) is 5.04. The lowest BCUT2D eigenvalue weighted by Gasteiger charge is -2.44. The predicted octanol–water partition coefficient (Wildman–Crippen LogP) is 4.86. The van der Waals surface area contributed by atoms with Gasteiger partial charge in [-0.25, -0.2) is 4.79 Å². The summed E-state index contributed by atoms with van der Waals surface area (Å²) in [7, 11) is 0. The van der Waals surface area contributed by atoms with Crippen molar-refractivity contribution in [2.75, 3.05) is 19.6 Å². The van der Waals surface area contributed by atoms with E-state index in [1.165, 1.54) is 27.8 Å². The molecule has 3 heterocycles. The summed E-state index contributed by atoms with van der Waals surface area (Å²) in [6, 6.07) is 15.4. The largest absolute Gasteiger partial charge is 0.445 e. The summed E-state index contributed by atoms with van der Waals surface area (Å²) in [5.74, 6) is 0.543. The molecule has 2 bridgehead atoms. The number of aryl methyl sites for hydroxylation is 2. The molecule has 152 valence electrons. The average molecular weight is 391 g/mol. The molecule has 0 aromatic heterocycles. The summed E-state index contributed by atoms with van der Waals surface area (Å²) in [5, 5.41) is 3.17. The Morgan fingerprint density at radius 2 is 1.79 bits per heavy atom. The topological polar surface area (TPSA) is 41.6 Å². The van der Waals surface area contributed by atoms with Gasteiger partial charge in [0, 0.05) is 6.54 Å². The number of benzene rings is 2. The van der Waals surface area contributed by atoms with E-state index in [4.69, 9.17) is 4.74 Å². The summed E-state index contributed by atoms with van der Waals surface area (Å²) in [6.45, 7) is 5.33. The molecule has 3 fully saturated rings. The first-order chi connectivity index (χ1) is 14.2. The number of piperidine rings is 3. The lowest BCUT2D eigenvalue weighted by Crippen LogP contribution is -2.52. The van der Waals surface area contributed by atoms with Gasteiger partial charge in [-0.3, -0.25) is 4.90 Å². The smallest absolute Gasteiger partial charge is 0.407 e. The summed E-state index contributed by atoms with van der Waals surface area (Å²) < 4.78 is 5.86. The first kappa shape index (κ1) is 18.7. The summed E-state index contributed by atoms with van der Waals surface area (Å²) in [5.41, 5.74) is 6.37. The minimum atomic E-state index is -0.246. The van der Waals surface area contributed by atoms with Crippen LogP contribution in [-0.2, 0) is 11.2 Å². The van der Waals surface area contributed by atoms with Crippen molar-refractivity contribution in [3.8, 4) is 11.1 Å². The van der Waals surface area contributed by atoms with Crippen LogP contribution in [0.4, 0.5) is 4.79 Å². The summed E-state index contributed by atoms with van der Waals surface area (Å²) in [6.07, 6.45) is 5.27. The minimum absolute atomic E-state index is 0.0550. The molecular weight excluding hydrogens is 360 g/mol. The normalized spacial score (nSPS) is 27.9. The average Bonchev–Trinajstić information content (AvgIpc) is 2.75. The lowest BCUT2D eigenvalue weighted by atomic mass is 9.85. The van der Waals surface area contributed by atoms with Gasteiger partial charge in [0.05, 0.1) is 6.04 Å². The second-order valence-electron chi connectivity index (χ2n) is 8.95. The van der Waals surface area contributed by atoms with Gasteiger partial charge in [-0.2, -0.15) is 0 Å². The number of rotatable bonds is 3. The molecule has 3 aliphatic heterocycles. The molecular formula is C25H30N2O2. The summed E-state index contributed by atoms with van der Waals surface area (Å²) in [4.78, 5) is 15.1. The first-order valence-corrected chi connectivity index (χ1v) is 11.0. The fourth-order valence-electron chi connectivity index (χ4n) is 5.25. The highest BCUT2D eigenvalue weighted by Crippen LogP contribution is 2.34. The lowest BCUT2D eigenvalue weighted by molar-refractivity contribution is -0.0340. The number of nitrogens with one attached hydrogen (secondary N) is 1. The zero-order valence-corrected chi connectivity index (χ0v) is 17.2. The predicted molar refractivity (Wildman–Crippen MR) is 115 cm³/mol. The van der Waals surface area contributed by atoms with Gasteiger partial charge < -0.3 is 10.1 Å². The second kappa shape index (κ2) is 7.83. The maximum atomic E-state index is 12.6. The standard InChI is InChI=1S/C25H30N2O2/c1-17-5-7-18(8-6-17)20-9-10-22-21(15-20)3-2-4-23(22)26-25(28)29-24-16-27-13-11-19(24)12-14-27/h5-10,15,19,23-24H,2-4,11-14,16H2,1H3,(H,26,28)/t23?,24-/m0/s1. The molecule has 2 atom stereocenters. The maximum Gasteiger partial charge on any atom is 0.407 e. The summed E-state index contributed by atoms with van der Waals surface area (Å²) >= 11 is 0. The van der Waals surface area contributed by atoms with Gasteiger partial charge in [-0.1, -0.05) is 48.0 Å². The third kappa shape index (κ3) is 3.91. The van der Waals surface area contributed by atoms with Crippen molar-refractivity contribution < 1.29 is 9.53 Å². The van der Waals surface area contributed by atoms with Crippen LogP contribution in [0.2, 0.25) is 0 Å². The molecule has 0 radical (unpaired) electrons. The molecule has 3 saturated heterocycles. The first-order valence-electron chi connectivity index (χ1n) is 11.0. The van der Waals surface area contributed by atoms with E-state index in [1.807, 2.05) is 0 Å². The van der Waals surface area contributed by atoms with Gasteiger partial charge in [-0.15, -0.1) is 0 Å². The molecule has 1 unspecified atom stereocenters. The third-order valence-corrected chi connectivity index (χ3v) is 6.99. The molecule has 4 nitrogen and oxygen atoms in total. The van der Waals surface area contributed by atoms with Gasteiger partial charge >= 0.3 is 6.09 Å². The molecule has 6 rings (SSSR count). The van der Waals surface area contributed by atoms with Crippen molar-refractivity contribution in [1.29, 1.82) is 0 Å². The van der Waals surface area contributed by atoms with Crippen molar-refractivity contribution in [2.24, 2.45) is 5.92 Å². The molecule has 29 heavy (non-hydrogen) atoms. The number of ether oxygens (including phenoxy) is 1. The molecule has 1 aliphatic carbocycles. The van der Waals surface area contributed by atoms with Crippen LogP contribution in [-0.4, -0.2) is 36.7 Å². The van der Waals surface area contributed by atoms with Crippen molar-refractivity contribution in [2.45, 2.75) is 51.2 Å². The van der Waals surface area contributed by atoms with Crippen LogP contribution in [0.1, 0.15) is 48.4 Å². The van der Waals surface area contributed by atoms with E-state index in [2.05, 4.69) is 59.6 Å². The highest BCUT2D eigenvalue weighted by atomic mass is 16.6. The van der Waals surface area contributed by atoms with E-state index in [-0.39, 0.29) is 18.2 Å². The van der Waals surface area contributed by atoms with Gasteiger partial charge in [0.15, 0.2) is 0 Å². The Bertz CT molecular complexity index is 884. The van der Waals surface area contributed by atoms with Crippen LogP contribution in [0.25, 0.3) is 11.1 Å². The number of amides is 1. The molecule has 0 saturated carbocycles. The van der Waals surface area contributed by atoms with Crippen molar-refractivity contribution in [1.82, 2.24) is 10.2 Å². The Labute approximate surface area is 173 Å². The maximum absolute atomic E-state index is 12.6. The molecule has 2 aromatic rings. The van der Waals surface area contributed by atoms with Gasteiger partial charge in [0.25, 0.3) is 0 Å². The molecule has 1 amide bonds. The number of hydrogen-bond donors (Lipinski definition) is 1. The van der Waals surface area contributed by atoms with Crippen LogP contribution in [0.15, 0.2) is 42.5 Å². The van der Waals surface area contributed by atoms with Crippen LogP contribution < -0.4 is 5.32 Å². The molecule has 0 spiro atoms. The molecule has 4 aliphatic rings. The van der Waals surface area contributed by atoms with Crippen molar-refractivity contribution in [3.05, 3.63) is 59.2 Å². The second-order valence-corrected chi connectivity index (χ2v) is 8.95. The SMILES string of the molecule is Cc1ccc(-c2ccc3c(c2)CCCC3NC(=O)O[C@H]2CN3CCC2CC3)cc1. The van der Waals surface area contributed by atoms with Crippen LogP contribution in [0.3, 0.4) is 0 Å². The van der Waals surface area contributed by atoms with Crippen LogP contribution in [0.5, 0.6) is 0 Å². The molecule has 2 aromatic carbocycles. The number of fused-ring (bicyclic) bond motifs is 4. The van der Waals surface area contributed by atoms with E-state index >= 15 is 0 Å². The van der Waals surface area contributed by atoms with Crippen LogP contribution >= 0.6 is 0 Å². The van der Waals surface area contributed by atoms with E-state index < -0.39 is 0 Å². The van der Waals surface area contributed by atoms with Crippen molar-refractivity contribution >= 4 is 6.09 Å². The van der Waals surface area contributed by atoms with Gasteiger partial charge in [-0.05, 0) is 80.3 Å². The fraction of sp³-hybridized carbons (Fsp3) is 0.480. The number of carbonyl (C=O) groups is 1. The number of hydrogen-bond acceptors (Lipinski definition) is 3. The van der Waals surface area contributed by atoms with E-state index in [1.54, 1.807) is 0 Å². The number of carbonyl (C=O) groups excluding carboxylic acids is 1. The zero-order chi connectivity index (χ0) is 19.8. The minimum Gasteiger partial charge on any atom is -0.445 e. The Morgan fingerprint density at radius 3 is 2.52 bits per heavy atom.